The predicted octanol–water partition coefficient (Wildman–Crippen LogP) is 4.44. The number of aromatic nitrogens is 3. The maximum Gasteiger partial charge on any atom is 0.292 e. The number of nitrogens with zero attached hydrogens (tertiary/aromatic N) is 3. The van der Waals surface area contributed by atoms with E-state index in [-0.39, 0.29) is 41.4 Å². The summed E-state index contributed by atoms with van der Waals surface area (Å²) in [5.74, 6) is 0.800. The Bertz CT molecular complexity index is 1160. The number of benzene rings is 1. The van der Waals surface area contributed by atoms with Gasteiger partial charge in [0.1, 0.15) is 5.82 Å². The molecule has 1 fully saturated rings. The Hall–Kier alpha value is -3.26. The van der Waals surface area contributed by atoms with Crippen molar-refractivity contribution in [3.05, 3.63) is 59.4 Å². The summed E-state index contributed by atoms with van der Waals surface area (Å²) in [7, 11) is 0. The van der Waals surface area contributed by atoms with Crippen LogP contribution < -0.4 is 10.6 Å². The highest BCUT2D eigenvalue weighted by Gasteiger charge is 2.29. The SMILES string of the molecule is Cc1cc(-c2ccnc(NC(=O)C3CC3)c2)ccc1CNC(=O)c1noc(C(C)(C)C)n1.Cl. The molecule has 3 aromatic rings. The Morgan fingerprint density at radius 1 is 1.12 bits per heavy atom. The van der Waals surface area contributed by atoms with Gasteiger partial charge in [-0.1, -0.05) is 44.1 Å². The molecule has 8 nitrogen and oxygen atoms in total. The molecular weight excluding hydrogens is 442 g/mol. The van der Waals surface area contributed by atoms with E-state index < -0.39 is 0 Å². The molecule has 9 heteroatoms. The zero-order valence-corrected chi connectivity index (χ0v) is 20.0. The number of amides is 2. The number of halogens is 1. The van der Waals surface area contributed by atoms with Crippen LogP contribution in [0.1, 0.15) is 61.2 Å². The first kappa shape index (κ1) is 24.4. The number of rotatable bonds is 6. The molecule has 0 aliphatic heterocycles. The summed E-state index contributed by atoms with van der Waals surface area (Å²) in [5, 5.41) is 9.51. The van der Waals surface area contributed by atoms with Crippen molar-refractivity contribution in [3.63, 3.8) is 0 Å². The Morgan fingerprint density at radius 2 is 1.85 bits per heavy atom. The zero-order valence-electron chi connectivity index (χ0n) is 19.1. The van der Waals surface area contributed by atoms with Gasteiger partial charge < -0.3 is 15.2 Å². The molecule has 1 saturated carbocycles. The zero-order chi connectivity index (χ0) is 22.9. The average molecular weight is 470 g/mol. The van der Waals surface area contributed by atoms with E-state index in [4.69, 9.17) is 4.52 Å². The van der Waals surface area contributed by atoms with Crippen LogP contribution in [0.15, 0.2) is 41.1 Å². The summed E-state index contributed by atoms with van der Waals surface area (Å²) in [5.41, 5.74) is 3.68. The van der Waals surface area contributed by atoms with Crippen LogP contribution in [0.5, 0.6) is 0 Å². The highest BCUT2D eigenvalue weighted by molar-refractivity contribution is 5.93. The standard InChI is InChI=1S/C24H27N5O3.ClH/c1-14-11-16(17-9-10-25-19(12-17)27-21(30)15-5-6-15)7-8-18(14)13-26-22(31)20-28-23(32-29-20)24(2,3)4;/h7-12,15H,5-6,13H2,1-4H3,(H,26,31)(H,25,27,30);1H. The number of carbonyl (C=O) groups is 2. The molecule has 2 N–H and O–H groups in total. The Balaban J connectivity index is 0.00000306. The number of pyridine rings is 1. The molecule has 0 saturated heterocycles. The van der Waals surface area contributed by atoms with Crippen molar-refractivity contribution < 1.29 is 14.1 Å². The van der Waals surface area contributed by atoms with Gasteiger partial charge in [-0.15, -0.1) is 12.4 Å². The molecule has 1 aromatic carbocycles. The van der Waals surface area contributed by atoms with Crippen LogP contribution in [0.2, 0.25) is 0 Å². The van der Waals surface area contributed by atoms with Gasteiger partial charge in [-0.2, -0.15) is 4.98 Å². The number of hydrogen-bond donors (Lipinski definition) is 2. The van der Waals surface area contributed by atoms with Crippen LogP contribution in [0.25, 0.3) is 11.1 Å². The van der Waals surface area contributed by atoms with Crippen LogP contribution in [-0.2, 0) is 16.8 Å². The molecule has 1 aliphatic carbocycles. The normalized spacial score (nSPS) is 13.2. The van der Waals surface area contributed by atoms with Gasteiger partial charge in [0.2, 0.25) is 11.8 Å². The number of aryl methyl sites for hydroxylation is 1. The lowest BCUT2D eigenvalue weighted by Crippen LogP contribution is -2.24. The molecule has 0 atom stereocenters. The molecule has 0 radical (unpaired) electrons. The van der Waals surface area contributed by atoms with Crippen LogP contribution >= 0.6 is 12.4 Å². The van der Waals surface area contributed by atoms with Gasteiger partial charge >= 0.3 is 0 Å². The second-order valence-corrected chi connectivity index (χ2v) is 9.19. The smallest absolute Gasteiger partial charge is 0.292 e. The fourth-order valence-corrected chi connectivity index (χ4v) is 3.20. The van der Waals surface area contributed by atoms with E-state index in [1.165, 1.54) is 0 Å². The summed E-state index contributed by atoms with van der Waals surface area (Å²) >= 11 is 0. The first-order chi connectivity index (χ1) is 15.2. The molecule has 0 unspecified atom stereocenters. The van der Waals surface area contributed by atoms with Crippen molar-refractivity contribution in [2.24, 2.45) is 5.92 Å². The summed E-state index contributed by atoms with van der Waals surface area (Å²) in [6.07, 6.45) is 3.60. The third-order valence-electron chi connectivity index (χ3n) is 5.35. The van der Waals surface area contributed by atoms with E-state index in [1.807, 2.05) is 52.0 Å². The lowest BCUT2D eigenvalue weighted by Gasteiger charge is -2.11. The van der Waals surface area contributed by atoms with E-state index >= 15 is 0 Å². The summed E-state index contributed by atoms with van der Waals surface area (Å²) in [6.45, 7) is 8.18. The van der Waals surface area contributed by atoms with Gasteiger partial charge in [0.15, 0.2) is 0 Å². The third kappa shape index (κ3) is 5.96. The molecule has 33 heavy (non-hydrogen) atoms. The van der Waals surface area contributed by atoms with Crippen LogP contribution in [0.4, 0.5) is 5.82 Å². The molecule has 2 amide bonds. The maximum atomic E-state index is 12.4. The summed E-state index contributed by atoms with van der Waals surface area (Å²) < 4.78 is 5.19. The van der Waals surface area contributed by atoms with E-state index in [9.17, 15) is 9.59 Å². The van der Waals surface area contributed by atoms with Gasteiger partial charge in [-0.05, 0) is 54.2 Å². The summed E-state index contributed by atoms with van der Waals surface area (Å²) in [6, 6.07) is 9.80. The van der Waals surface area contributed by atoms with Crippen molar-refractivity contribution in [1.82, 2.24) is 20.4 Å². The first-order valence-electron chi connectivity index (χ1n) is 10.7. The maximum absolute atomic E-state index is 12.4. The molecule has 1 aliphatic rings. The predicted molar refractivity (Wildman–Crippen MR) is 127 cm³/mol. The Kier molecular flexibility index (Phi) is 7.17. The fourth-order valence-electron chi connectivity index (χ4n) is 3.20. The molecule has 2 aromatic heterocycles. The van der Waals surface area contributed by atoms with Crippen molar-refractivity contribution in [2.75, 3.05) is 5.32 Å². The minimum atomic E-state index is -0.377. The molecule has 2 heterocycles. The molecule has 174 valence electrons. The van der Waals surface area contributed by atoms with Gasteiger partial charge in [-0.25, -0.2) is 4.98 Å². The molecular formula is C24H28ClN5O3. The quantitative estimate of drug-likeness (QED) is 0.552. The number of anilines is 1. The van der Waals surface area contributed by atoms with Crippen molar-refractivity contribution >= 4 is 30.0 Å². The van der Waals surface area contributed by atoms with Crippen molar-refractivity contribution in [1.29, 1.82) is 0 Å². The van der Waals surface area contributed by atoms with E-state index in [0.717, 1.165) is 35.1 Å². The topological polar surface area (TPSA) is 110 Å². The Morgan fingerprint density at radius 3 is 2.48 bits per heavy atom. The highest BCUT2D eigenvalue weighted by Crippen LogP contribution is 2.30. The highest BCUT2D eigenvalue weighted by atomic mass is 35.5. The lowest BCUT2D eigenvalue weighted by atomic mass is 9.97. The van der Waals surface area contributed by atoms with Crippen LogP contribution in [0.3, 0.4) is 0 Å². The van der Waals surface area contributed by atoms with Gasteiger partial charge in [0.05, 0.1) is 0 Å². The second-order valence-electron chi connectivity index (χ2n) is 9.19. The minimum absolute atomic E-state index is 0. The summed E-state index contributed by atoms with van der Waals surface area (Å²) in [4.78, 5) is 32.8. The third-order valence-corrected chi connectivity index (χ3v) is 5.35. The number of nitrogens with one attached hydrogen (secondary N) is 2. The molecule has 4 rings (SSSR count). The van der Waals surface area contributed by atoms with E-state index in [0.29, 0.717) is 18.3 Å². The van der Waals surface area contributed by atoms with Gasteiger partial charge in [0, 0.05) is 24.1 Å². The fraction of sp³-hybridized carbons (Fsp3) is 0.375. The van der Waals surface area contributed by atoms with Gasteiger partial charge in [-0.3, -0.25) is 9.59 Å². The monoisotopic (exact) mass is 469 g/mol. The lowest BCUT2D eigenvalue weighted by molar-refractivity contribution is -0.117. The molecule has 0 bridgehead atoms. The van der Waals surface area contributed by atoms with Crippen molar-refractivity contribution in [2.45, 2.75) is 52.5 Å². The Labute approximate surface area is 199 Å². The van der Waals surface area contributed by atoms with Gasteiger partial charge in [0.25, 0.3) is 11.7 Å². The number of carbonyl (C=O) groups excluding carboxylic acids is 2. The minimum Gasteiger partial charge on any atom is -0.345 e. The van der Waals surface area contributed by atoms with E-state index in [2.05, 4.69) is 31.8 Å². The van der Waals surface area contributed by atoms with Crippen LogP contribution in [-0.4, -0.2) is 26.9 Å². The van der Waals surface area contributed by atoms with E-state index in [1.54, 1.807) is 6.20 Å². The molecule has 0 spiro atoms. The second kappa shape index (κ2) is 9.70. The largest absolute Gasteiger partial charge is 0.345 e. The van der Waals surface area contributed by atoms with Crippen molar-refractivity contribution in [3.8, 4) is 11.1 Å². The first-order valence-corrected chi connectivity index (χ1v) is 10.7. The van der Waals surface area contributed by atoms with Crippen LogP contribution in [0, 0.1) is 12.8 Å². The number of hydrogen-bond acceptors (Lipinski definition) is 6. The average Bonchev–Trinajstić information content (AvgIpc) is 3.48.